The van der Waals surface area contributed by atoms with E-state index in [1.54, 1.807) is 6.20 Å². The number of aromatic nitrogens is 2. The van der Waals surface area contributed by atoms with Crippen LogP contribution in [-0.4, -0.2) is 65.4 Å². The van der Waals surface area contributed by atoms with Crippen LogP contribution >= 0.6 is 11.6 Å². The third-order valence-corrected chi connectivity index (χ3v) is 6.31. The van der Waals surface area contributed by atoms with Crippen molar-refractivity contribution in [2.75, 3.05) is 33.4 Å². The minimum atomic E-state index is -0.0879. The lowest BCUT2D eigenvalue weighted by Gasteiger charge is -2.39. The van der Waals surface area contributed by atoms with Gasteiger partial charge in [0.1, 0.15) is 12.4 Å². The lowest BCUT2D eigenvalue weighted by atomic mass is 9.88. The second-order valence-electron chi connectivity index (χ2n) is 8.18. The van der Waals surface area contributed by atoms with Crippen molar-refractivity contribution in [2.45, 2.75) is 43.9 Å². The summed E-state index contributed by atoms with van der Waals surface area (Å²) in [5.74, 6) is 0.792. The molecule has 2 fully saturated rings. The van der Waals surface area contributed by atoms with Crippen molar-refractivity contribution in [2.24, 2.45) is 0 Å². The fourth-order valence-electron chi connectivity index (χ4n) is 4.44. The summed E-state index contributed by atoms with van der Waals surface area (Å²) >= 11 is 5.97. The molecule has 0 aliphatic carbocycles. The predicted molar refractivity (Wildman–Crippen MR) is 115 cm³/mol. The Balaban J connectivity index is 1.28. The highest BCUT2D eigenvalue weighted by Gasteiger charge is 2.42. The first-order valence-electron chi connectivity index (χ1n) is 10.5. The van der Waals surface area contributed by atoms with Crippen molar-refractivity contribution in [1.29, 1.82) is 0 Å². The minimum absolute atomic E-state index is 0.0348. The van der Waals surface area contributed by atoms with Gasteiger partial charge in [-0.25, -0.2) is 4.98 Å². The van der Waals surface area contributed by atoms with Gasteiger partial charge in [-0.15, -0.1) is 0 Å². The van der Waals surface area contributed by atoms with E-state index in [2.05, 4.69) is 31.9 Å². The van der Waals surface area contributed by atoms with Crippen LogP contribution in [0.5, 0.6) is 0 Å². The number of nitrogens with one attached hydrogen (secondary N) is 1. The number of ether oxygens (including phenoxy) is 2. The van der Waals surface area contributed by atoms with Gasteiger partial charge >= 0.3 is 0 Å². The van der Waals surface area contributed by atoms with E-state index >= 15 is 0 Å². The summed E-state index contributed by atoms with van der Waals surface area (Å²) in [5, 5.41) is 3.54. The number of nitrogens with zero attached hydrogens (tertiary/aromatic N) is 3. The van der Waals surface area contributed by atoms with Gasteiger partial charge in [0, 0.05) is 51.4 Å². The van der Waals surface area contributed by atoms with Gasteiger partial charge in [-0.05, 0) is 49.9 Å². The van der Waals surface area contributed by atoms with Crippen molar-refractivity contribution in [1.82, 2.24) is 19.8 Å². The van der Waals surface area contributed by atoms with E-state index in [0.29, 0.717) is 11.6 Å². The van der Waals surface area contributed by atoms with E-state index < -0.39 is 0 Å². The molecular formula is C22H29ClN4O3. The Hall–Kier alpha value is -1.93. The number of carbonyl (C=O) groups is 1. The van der Waals surface area contributed by atoms with E-state index in [0.717, 1.165) is 51.1 Å². The molecule has 2 aromatic heterocycles. The minimum Gasteiger partial charge on any atom is -0.375 e. The van der Waals surface area contributed by atoms with Gasteiger partial charge in [0.15, 0.2) is 0 Å². The number of hydrogen-bond acceptors (Lipinski definition) is 5. The maximum Gasteiger partial charge on any atom is 0.246 e. The van der Waals surface area contributed by atoms with Crippen molar-refractivity contribution >= 4 is 17.5 Å². The number of halogens is 1. The van der Waals surface area contributed by atoms with Gasteiger partial charge in [-0.3, -0.25) is 9.69 Å². The largest absolute Gasteiger partial charge is 0.375 e. The molecule has 1 unspecified atom stereocenters. The zero-order valence-electron chi connectivity index (χ0n) is 17.3. The second kappa shape index (κ2) is 9.47. The van der Waals surface area contributed by atoms with Crippen LogP contribution in [0.1, 0.15) is 31.4 Å². The average Bonchev–Trinajstić information content (AvgIpc) is 3.37. The van der Waals surface area contributed by atoms with Crippen LogP contribution in [0.25, 0.3) is 5.82 Å². The Kier molecular flexibility index (Phi) is 6.73. The summed E-state index contributed by atoms with van der Waals surface area (Å²) in [6, 6.07) is 8.00. The molecule has 7 nitrogen and oxygen atoms in total. The lowest BCUT2D eigenvalue weighted by Crippen LogP contribution is -2.45. The monoisotopic (exact) mass is 432 g/mol. The average molecular weight is 433 g/mol. The molecule has 2 aromatic rings. The van der Waals surface area contributed by atoms with Crippen LogP contribution in [0.4, 0.5) is 0 Å². The molecule has 1 spiro atoms. The highest BCUT2D eigenvalue weighted by atomic mass is 35.5. The van der Waals surface area contributed by atoms with Crippen LogP contribution in [0, 0.1) is 0 Å². The van der Waals surface area contributed by atoms with E-state index in [9.17, 15) is 4.79 Å². The molecule has 0 radical (unpaired) electrons. The summed E-state index contributed by atoms with van der Waals surface area (Å²) < 4.78 is 13.4. The number of amides is 1. The van der Waals surface area contributed by atoms with Gasteiger partial charge in [-0.2, -0.15) is 0 Å². The Morgan fingerprint density at radius 2 is 2.17 bits per heavy atom. The summed E-state index contributed by atoms with van der Waals surface area (Å²) in [6.07, 6.45) is 7.93. The molecule has 4 rings (SSSR count). The number of likely N-dealkylation sites (tertiary alicyclic amines) is 1. The number of rotatable bonds is 7. The molecule has 2 aliphatic heterocycles. The Morgan fingerprint density at radius 1 is 1.33 bits per heavy atom. The van der Waals surface area contributed by atoms with Gasteiger partial charge in [0.05, 0.1) is 16.7 Å². The number of pyridine rings is 1. The van der Waals surface area contributed by atoms with Crippen LogP contribution in [0.2, 0.25) is 5.02 Å². The zero-order valence-corrected chi connectivity index (χ0v) is 18.1. The summed E-state index contributed by atoms with van der Waals surface area (Å²) in [5.41, 5.74) is 1.18. The van der Waals surface area contributed by atoms with E-state index in [1.807, 2.05) is 18.3 Å². The quantitative estimate of drug-likeness (QED) is 0.728. The normalized spacial score (nSPS) is 21.2. The molecule has 1 N–H and O–H groups in total. The van der Waals surface area contributed by atoms with E-state index in [-0.39, 0.29) is 24.2 Å². The number of hydrogen-bond donors (Lipinski definition) is 1. The molecule has 1 amide bonds. The molecule has 162 valence electrons. The van der Waals surface area contributed by atoms with Gasteiger partial charge in [0.25, 0.3) is 0 Å². The molecule has 4 heterocycles. The lowest BCUT2D eigenvalue weighted by molar-refractivity contribution is -0.126. The SMILES string of the molecule is COCC(=O)NCC1CCC2(CCN(Cc3cccn3-c3ccc(Cl)cn3)CC2)O1. The molecule has 30 heavy (non-hydrogen) atoms. The molecule has 0 aromatic carbocycles. The molecule has 0 bridgehead atoms. The highest BCUT2D eigenvalue weighted by molar-refractivity contribution is 6.30. The first kappa shape index (κ1) is 21.3. The zero-order chi connectivity index (χ0) is 21.0. The molecule has 2 aliphatic rings. The molecule has 0 saturated carbocycles. The van der Waals surface area contributed by atoms with Crippen molar-refractivity contribution in [3.63, 3.8) is 0 Å². The number of piperidine rings is 1. The molecule has 2 saturated heterocycles. The Labute approximate surface area is 182 Å². The first-order valence-corrected chi connectivity index (χ1v) is 10.9. The second-order valence-corrected chi connectivity index (χ2v) is 8.62. The topological polar surface area (TPSA) is 68.6 Å². The number of carbonyl (C=O) groups excluding carboxylic acids is 1. The predicted octanol–water partition coefficient (Wildman–Crippen LogP) is 2.80. The van der Waals surface area contributed by atoms with Gasteiger partial charge in [-0.1, -0.05) is 11.6 Å². The fourth-order valence-corrected chi connectivity index (χ4v) is 4.56. The molecule has 1 atom stereocenters. The van der Waals surface area contributed by atoms with Crippen LogP contribution in [0.3, 0.4) is 0 Å². The van der Waals surface area contributed by atoms with Crippen LogP contribution in [-0.2, 0) is 20.8 Å². The van der Waals surface area contributed by atoms with E-state index in [4.69, 9.17) is 21.1 Å². The first-order chi connectivity index (χ1) is 14.6. The Bertz CT molecular complexity index is 846. The molecular weight excluding hydrogens is 404 g/mol. The smallest absolute Gasteiger partial charge is 0.246 e. The van der Waals surface area contributed by atoms with Gasteiger partial charge in [0.2, 0.25) is 5.91 Å². The third-order valence-electron chi connectivity index (χ3n) is 6.09. The standard InChI is InChI=1S/C22H29ClN4O3/c1-29-16-21(28)25-14-19-6-7-22(30-19)8-11-26(12-9-22)15-18-3-2-10-27(18)20-5-4-17(23)13-24-20/h2-5,10,13,19H,6-9,11-12,14-16H2,1H3,(H,25,28). The van der Waals surface area contributed by atoms with Crippen LogP contribution in [0.15, 0.2) is 36.7 Å². The summed E-state index contributed by atoms with van der Waals surface area (Å²) in [6.45, 7) is 3.54. The highest BCUT2D eigenvalue weighted by Crippen LogP contribution is 2.39. The van der Waals surface area contributed by atoms with Crippen molar-refractivity contribution < 1.29 is 14.3 Å². The van der Waals surface area contributed by atoms with Crippen molar-refractivity contribution in [3.05, 3.63) is 47.4 Å². The number of methoxy groups -OCH3 is 1. The van der Waals surface area contributed by atoms with Crippen LogP contribution < -0.4 is 5.32 Å². The maximum atomic E-state index is 11.6. The fraction of sp³-hybridized carbons (Fsp3) is 0.545. The summed E-state index contributed by atoms with van der Waals surface area (Å²) in [7, 11) is 1.53. The van der Waals surface area contributed by atoms with Crippen molar-refractivity contribution in [3.8, 4) is 5.82 Å². The van der Waals surface area contributed by atoms with Gasteiger partial charge < -0.3 is 19.4 Å². The third kappa shape index (κ3) is 5.03. The molecule has 8 heteroatoms. The maximum absolute atomic E-state index is 11.6. The van der Waals surface area contributed by atoms with E-state index in [1.165, 1.54) is 12.8 Å². The Morgan fingerprint density at radius 3 is 2.90 bits per heavy atom. The summed E-state index contributed by atoms with van der Waals surface area (Å²) in [4.78, 5) is 18.5.